The van der Waals surface area contributed by atoms with Crippen LogP contribution in [0.2, 0.25) is 0 Å². The van der Waals surface area contributed by atoms with E-state index in [-0.39, 0.29) is 10.8 Å². The number of aryl methyl sites for hydroxylation is 4. The summed E-state index contributed by atoms with van der Waals surface area (Å²) < 4.78 is 26.7. The second-order valence-electron chi connectivity index (χ2n) is 9.81. The molecule has 2 aromatic rings. The molecule has 2 aromatic carbocycles. The van der Waals surface area contributed by atoms with E-state index in [1.807, 2.05) is 39.8 Å². The van der Waals surface area contributed by atoms with Crippen LogP contribution in [0.1, 0.15) is 74.9 Å². The van der Waals surface area contributed by atoms with Gasteiger partial charge in [-0.25, -0.2) is 0 Å². The topological polar surface area (TPSA) is 18.5 Å². The Morgan fingerprint density at radius 1 is 0.643 bits per heavy atom. The quantitative estimate of drug-likeness (QED) is 0.478. The molecule has 0 atom stereocenters. The Morgan fingerprint density at radius 3 is 1.25 bits per heavy atom. The van der Waals surface area contributed by atoms with Crippen molar-refractivity contribution < 1.29 is 13.2 Å². The molecule has 4 heteroatoms. The van der Waals surface area contributed by atoms with Crippen LogP contribution in [0.3, 0.4) is 0 Å². The van der Waals surface area contributed by atoms with E-state index in [0.29, 0.717) is 11.5 Å². The summed E-state index contributed by atoms with van der Waals surface area (Å²) in [5.74, 6) is 1.18. The molecule has 2 rings (SSSR count). The van der Waals surface area contributed by atoms with Crippen LogP contribution < -0.4 is 9.05 Å². The Balaban J connectivity index is 2.41. The van der Waals surface area contributed by atoms with Gasteiger partial charge in [0.05, 0.1) is 0 Å². The minimum absolute atomic E-state index is 0.154. The van der Waals surface area contributed by atoms with Gasteiger partial charge in [0.2, 0.25) is 0 Å². The van der Waals surface area contributed by atoms with E-state index >= 15 is 4.20 Å². The summed E-state index contributed by atoms with van der Waals surface area (Å²) in [5.41, 5.74) is 5.82. The van der Waals surface area contributed by atoms with Crippen molar-refractivity contribution in [2.45, 2.75) is 80.1 Å². The van der Waals surface area contributed by atoms with Gasteiger partial charge in [0.25, 0.3) is 0 Å². The summed E-state index contributed by atoms with van der Waals surface area (Å²) in [6, 6.07) is 8.18. The predicted molar refractivity (Wildman–Crippen MR) is 119 cm³/mol. The lowest BCUT2D eigenvalue weighted by Crippen LogP contribution is -2.15. The number of rotatable bonds is 4. The highest BCUT2D eigenvalue weighted by atomic mass is 31.2. The lowest BCUT2D eigenvalue weighted by molar-refractivity contribution is 0.417. The van der Waals surface area contributed by atoms with Crippen molar-refractivity contribution in [1.82, 2.24) is 0 Å². The van der Waals surface area contributed by atoms with E-state index in [1.165, 1.54) is 0 Å². The van der Waals surface area contributed by atoms with Crippen molar-refractivity contribution in [3.8, 4) is 11.5 Å². The maximum absolute atomic E-state index is 15.1. The van der Waals surface area contributed by atoms with E-state index in [2.05, 4.69) is 53.7 Å². The fourth-order valence-corrected chi connectivity index (χ4v) is 4.24. The SMILES string of the molecule is Cc1cc(C)c(OP(F)Oc2c(C)cc(C)cc2C(C)(C)C)c(C(C)(C)C)c1. The molecule has 0 heterocycles. The molecule has 0 unspecified atom stereocenters. The summed E-state index contributed by atoms with van der Waals surface area (Å²) in [5, 5.41) is 0. The van der Waals surface area contributed by atoms with Gasteiger partial charge < -0.3 is 9.05 Å². The third kappa shape index (κ3) is 5.26. The Kier molecular flexibility index (Phi) is 6.50. The third-order valence-electron chi connectivity index (χ3n) is 4.78. The first-order valence-electron chi connectivity index (χ1n) is 9.75. The highest BCUT2D eigenvalue weighted by Crippen LogP contribution is 2.49. The van der Waals surface area contributed by atoms with Crippen molar-refractivity contribution in [3.63, 3.8) is 0 Å². The Labute approximate surface area is 171 Å². The first-order valence-corrected chi connectivity index (χ1v) is 10.8. The molecule has 0 aliphatic rings. The monoisotopic (exact) mass is 404 g/mol. The van der Waals surface area contributed by atoms with Crippen LogP contribution in [0.4, 0.5) is 4.20 Å². The maximum atomic E-state index is 15.1. The zero-order valence-corrected chi connectivity index (χ0v) is 19.8. The maximum Gasteiger partial charge on any atom is 0.505 e. The highest BCUT2D eigenvalue weighted by molar-refractivity contribution is 7.42. The molecule has 0 aliphatic heterocycles. The molecule has 0 bridgehead atoms. The molecule has 0 aliphatic carbocycles. The smallest absolute Gasteiger partial charge is 0.414 e. The summed E-state index contributed by atoms with van der Waals surface area (Å²) in [6.07, 6.45) is 0. The van der Waals surface area contributed by atoms with Gasteiger partial charge in [0.15, 0.2) is 0 Å². The normalized spacial score (nSPS) is 12.4. The van der Waals surface area contributed by atoms with Gasteiger partial charge in [-0.3, -0.25) is 0 Å². The number of hydrogen-bond donors (Lipinski definition) is 0. The molecule has 0 aromatic heterocycles. The zero-order valence-electron chi connectivity index (χ0n) is 19.0. The van der Waals surface area contributed by atoms with E-state index in [1.54, 1.807) is 0 Å². The number of benzene rings is 2. The lowest BCUT2D eigenvalue weighted by Gasteiger charge is -2.27. The van der Waals surface area contributed by atoms with Crippen LogP contribution in [-0.2, 0) is 10.8 Å². The second-order valence-corrected chi connectivity index (χ2v) is 10.6. The molecule has 0 N–H and O–H groups in total. The zero-order chi connectivity index (χ0) is 21.4. The molecule has 2 nitrogen and oxygen atoms in total. The molecule has 0 spiro atoms. The van der Waals surface area contributed by atoms with Crippen molar-refractivity contribution in [3.05, 3.63) is 57.6 Å². The Bertz CT molecular complexity index is 789. The van der Waals surface area contributed by atoms with Crippen molar-refractivity contribution in [2.75, 3.05) is 0 Å². The second kappa shape index (κ2) is 8.03. The van der Waals surface area contributed by atoms with E-state index < -0.39 is 8.69 Å². The molecule has 0 radical (unpaired) electrons. The van der Waals surface area contributed by atoms with E-state index in [4.69, 9.17) is 9.05 Å². The van der Waals surface area contributed by atoms with Crippen molar-refractivity contribution in [2.24, 2.45) is 0 Å². The molecule has 0 amide bonds. The van der Waals surface area contributed by atoms with Gasteiger partial charge in [0, 0.05) is 11.1 Å². The Morgan fingerprint density at radius 2 is 0.964 bits per heavy atom. The molecule has 0 saturated heterocycles. The predicted octanol–water partition coefficient (Wildman–Crippen LogP) is 8.17. The largest absolute Gasteiger partial charge is 0.505 e. The van der Waals surface area contributed by atoms with E-state index in [9.17, 15) is 0 Å². The molecular formula is C24H34FO2P. The van der Waals surface area contributed by atoms with Crippen LogP contribution in [-0.4, -0.2) is 0 Å². The number of halogens is 1. The van der Waals surface area contributed by atoms with Crippen molar-refractivity contribution in [1.29, 1.82) is 0 Å². The average Bonchev–Trinajstić information content (AvgIpc) is 2.50. The van der Waals surface area contributed by atoms with Crippen LogP contribution >= 0.6 is 8.69 Å². The minimum atomic E-state index is -2.61. The number of hydrogen-bond acceptors (Lipinski definition) is 2. The molecule has 28 heavy (non-hydrogen) atoms. The molecule has 0 saturated carbocycles. The van der Waals surface area contributed by atoms with Gasteiger partial charge in [0.1, 0.15) is 11.5 Å². The molecular weight excluding hydrogens is 370 g/mol. The fraction of sp³-hybridized carbons (Fsp3) is 0.500. The first-order chi connectivity index (χ1) is 12.7. The van der Waals surface area contributed by atoms with Crippen LogP contribution in [0.25, 0.3) is 0 Å². The summed E-state index contributed by atoms with van der Waals surface area (Å²) >= 11 is 0. The third-order valence-corrected chi connectivity index (χ3v) is 5.43. The Hall–Kier alpha value is -1.60. The summed E-state index contributed by atoms with van der Waals surface area (Å²) in [6.45, 7) is 20.7. The summed E-state index contributed by atoms with van der Waals surface area (Å²) in [7, 11) is -2.61. The fourth-order valence-electron chi connectivity index (χ4n) is 3.43. The first kappa shape index (κ1) is 22.7. The lowest BCUT2D eigenvalue weighted by atomic mass is 9.84. The standard InChI is InChI=1S/C24H34FO2P/c1-15-11-17(3)21(19(13-15)23(5,6)7)26-28(25)27-22-18(4)12-16(2)14-20(22)24(8,9)10/h11-14H,1-10H3. The average molecular weight is 405 g/mol. The highest BCUT2D eigenvalue weighted by Gasteiger charge is 2.28. The molecule has 154 valence electrons. The van der Waals surface area contributed by atoms with E-state index in [0.717, 1.165) is 33.4 Å². The van der Waals surface area contributed by atoms with Gasteiger partial charge in [-0.15, -0.1) is 4.20 Å². The summed E-state index contributed by atoms with van der Waals surface area (Å²) in [4.78, 5) is 0. The van der Waals surface area contributed by atoms with Gasteiger partial charge in [-0.2, -0.15) is 0 Å². The van der Waals surface area contributed by atoms with Gasteiger partial charge in [-0.1, -0.05) is 76.9 Å². The van der Waals surface area contributed by atoms with Crippen LogP contribution in [0, 0.1) is 27.7 Å². The van der Waals surface area contributed by atoms with Gasteiger partial charge in [-0.05, 0) is 49.7 Å². The van der Waals surface area contributed by atoms with Crippen molar-refractivity contribution >= 4 is 8.69 Å². The minimum Gasteiger partial charge on any atom is -0.414 e. The van der Waals surface area contributed by atoms with Crippen LogP contribution in [0.5, 0.6) is 11.5 Å². The molecule has 0 fully saturated rings. The van der Waals surface area contributed by atoms with Crippen LogP contribution in [0.15, 0.2) is 24.3 Å². The van der Waals surface area contributed by atoms with Gasteiger partial charge >= 0.3 is 8.69 Å².